The molecular formula is C14H11BrN2S. The lowest BCUT2D eigenvalue weighted by atomic mass is 10.2. The zero-order chi connectivity index (χ0) is 12.4. The Morgan fingerprint density at radius 1 is 1.11 bits per heavy atom. The summed E-state index contributed by atoms with van der Waals surface area (Å²) in [6, 6.07) is 16.5. The van der Waals surface area contributed by atoms with Gasteiger partial charge in [-0.1, -0.05) is 58.0 Å². The molecule has 0 unspecified atom stereocenters. The van der Waals surface area contributed by atoms with Crippen molar-refractivity contribution in [2.75, 3.05) is 0 Å². The Kier molecular flexibility index (Phi) is 3.39. The molecular weight excluding hydrogens is 308 g/mol. The van der Waals surface area contributed by atoms with Crippen molar-refractivity contribution >= 4 is 38.7 Å². The summed E-state index contributed by atoms with van der Waals surface area (Å²) in [5.41, 5.74) is 3.39. The molecule has 4 heteroatoms. The van der Waals surface area contributed by atoms with E-state index in [0.29, 0.717) is 0 Å². The summed E-state index contributed by atoms with van der Waals surface area (Å²) >= 11 is 5.19. The fourth-order valence-corrected chi connectivity index (χ4v) is 2.95. The number of rotatable bonds is 3. The van der Waals surface area contributed by atoms with Crippen LogP contribution in [0.15, 0.2) is 58.2 Å². The van der Waals surface area contributed by atoms with Gasteiger partial charge in [-0.05, 0) is 23.8 Å². The smallest absolute Gasteiger partial charge is 0.166 e. The Morgan fingerprint density at radius 3 is 2.78 bits per heavy atom. The first kappa shape index (κ1) is 11.8. The summed E-state index contributed by atoms with van der Waals surface area (Å²) in [5, 5.41) is 0.965. The fourth-order valence-electron chi connectivity index (χ4n) is 1.75. The van der Waals surface area contributed by atoms with E-state index in [4.69, 9.17) is 0 Å². The molecule has 0 radical (unpaired) electrons. The lowest BCUT2D eigenvalue weighted by molar-refractivity contribution is 1.08. The maximum absolute atomic E-state index is 4.56. The number of nitrogens with zero attached hydrogens (tertiary/aromatic N) is 1. The summed E-state index contributed by atoms with van der Waals surface area (Å²) in [5.74, 6) is 0.932. The second-order valence-electron chi connectivity index (χ2n) is 3.98. The average molecular weight is 319 g/mol. The molecule has 0 saturated carbocycles. The van der Waals surface area contributed by atoms with E-state index in [-0.39, 0.29) is 0 Å². The van der Waals surface area contributed by atoms with Crippen molar-refractivity contribution in [3.8, 4) is 0 Å². The molecule has 0 spiro atoms. The predicted octanol–water partition coefficient (Wildman–Crippen LogP) is 4.62. The number of hydrogen-bond acceptors (Lipinski definition) is 2. The molecule has 18 heavy (non-hydrogen) atoms. The third-order valence-corrected chi connectivity index (χ3v) is 4.08. The highest BCUT2D eigenvalue weighted by atomic mass is 79.9. The van der Waals surface area contributed by atoms with Gasteiger partial charge in [-0.3, -0.25) is 0 Å². The number of aromatic nitrogens is 2. The van der Waals surface area contributed by atoms with E-state index in [0.717, 1.165) is 26.4 Å². The van der Waals surface area contributed by atoms with Crippen LogP contribution in [0.25, 0.3) is 11.0 Å². The number of thioether (sulfide) groups is 1. The van der Waals surface area contributed by atoms with E-state index in [9.17, 15) is 0 Å². The van der Waals surface area contributed by atoms with Gasteiger partial charge in [0.1, 0.15) is 0 Å². The summed E-state index contributed by atoms with van der Waals surface area (Å²) < 4.78 is 1.07. The summed E-state index contributed by atoms with van der Waals surface area (Å²) in [4.78, 5) is 7.88. The molecule has 0 fully saturated rings. The van der Waals surface area contributed by atoms with Crippen LogP contribution in [-0.4, -0.2) is 9.97 Å². The number of hydrogen-bond donors (Lipinski definition) is 1. The molecule has 2 aromatic carbocycles. The maximum Gasteiger partial charge on any atom is 0.166 e. The minimum atomic E-state index is 0.932. The fraction of sp³-hybridized carbons (Fsp3) is 0.0714. The van der Waals surface area contributed by atoms with Crippen LogP contribution < -0.4 is 0 Å². The number of nitrogens with one attached hydrogen (secondary N) is 1. The first-order valence-electron chi connectivity index (χ1n) is 5.63. The Labute approximate surface area is 118 Å². The van der Waals surface area contributed by atoms with Gasteiger partial charge < -0.3 is 4.98 Å². The van der Waals surface area contributed by atoms with Gasteiger partial charge in [0.2, 0.25) is 0 Å². The number of H-pyrrole nitrogens is 1. The Morgan fingerprint density at radius 2 is 1.94 bits per heavy atom. The van der Waals surface area contributed by atoms with Gasteiger partial charge >= 0.3 is 0 Å². The molecule has 1 N–H and O–H groups in total. The van der Waals surface area contributed by atoms with Crippen molar-refractivity contribution in [2.45, 2.75) is 10.9 Å². The van der Waals surface area contributed by atoms with Gasteiger partial charge in [0.05, 0.1) is 11.0 Å². The van der Waals surface area contributed by atoms with E-state index >= 15 is 0 Å². The van der Waals surface area contributed by atoms with Crippen molar-refractivity contribution in [1.29, 1.82) is 0 Å². The number of fused-ring (bicyclic) bond motifs is 1. The Bertz CT molecular complexity index is 664. The summed E-state index contributed by atoms with van der Waals surface area (Å²) in [6.07, 6.45) is 0. The van der Waals surface area contributed by atoms with E-state index in [1.54, 1.807) is 11.8 Å². The summed E-state index contributed by atoms with van der Waals surface area (Å²) in [7, 11) is 0. The SMILES string of the molecule is Brc1ccc2nc(SCc3ccccc3)[nH]c2c1. The highest BCUT2D eigenvalue weighted by Crippen LogP contribution is 2.24. The van der Waals surface area contributed by atoms with E-state index in [1.807, 2.05) is 18.2 Å². The normalized spacial score (nSPS) is 10.9. The van der Waals surface area contributed by atoms with E-state index in [1.165, 1.54) is 5.56 Å². The molecule has 3 rings (SSSR count). The highest BCUT2D eigenvalue weighted by molar-refractivity contribution is 9.10. The quantitative estimate of drug-likeness (QED) is 0.714. The van der Waals surface area contributed by atoms with Crippen LogP contribution in [0.4, 0.5) is 0 Å². The first-order valence-corrected chi connectivity index (χ1v) is 7.41. The van der Waals surface area contributed by atoms with Gasteiger partial charge in [-0.25, -0.2) is 4.98 Å². The standard InChI is InChI=1S/C14H11BrN2S/c15-11-6-7-12-13(8-11)17-14(16-12)18-9-10-4-2-1-3-5-10/h1-8H,9H2,(H,16,17). The van der Waals surface area contributed by atoms with Crippen LogP contribution in [0.1, 0.15) is 5.56 Å². The molecule has 1 heterocycles. The molecule has 90 valence electrons. The van der Waals surface area contributed by atoms with Gasteiger partial charge in [-0.15, -0.1) is 0 Å². The molecule has 0 bridgehead atoms. The van der Waals surface area contributed by atoms with Crippen LogP contribution in [0.2, 0.25) is 0 Å². The lowest BCUT2D eigenvalue weighted by Gasteiger charge is -1.97. The van der Waals surface area contributed by atoms with Crippen LogP contribution >= 0.6 is 27.7 Å². The lowest BCUT2D eigenvalue weighted by Crippen LogP contribution is -1.80. The van der Waals surface area contributed by atoms with Crippen LogP contribution in [-0.2, 0) is 5.75 Å². The monoisotopic (exact) mass is 318 g/mol. The molecule has 0 aliphatic heterocycles. The third-order valence-electron chi connectivity index (χ3n) is 2.64. The topological polar surface area (TPSA) is 28.7 Å². The number of imidazole rings is 1. The average Bonchev–Trinajstić information content (AvgIpc) is 2.79. The summed E-state index contributed by atoms with van der Waals surface area (Å²) in [6.45, 7) is 0. The zero-order valence-electron chi connectivity index (χ0n) is 9.56. The van der Waals surface area contributed by atoms with E-state index < -0.39 is 0 Å². The Balaban J connectivity index is 1.79. The maximum atomic E-state index is 4.56. The molecule has 0 aliphatic rings. The minimum absolute atomic E-state index is 0.932. The van der Waals surface area contributed by atoms with Crippen LogP contribution in [0.5, 0.6) is 0 Å². The van der Waals surface area contributed by atoms with Gasteiger partial charge in [-0.2, -0.15) is 0 Å². The first-order chi connectivity index (χ1) is 8.81. The van der Waals surface area contributed by atoms with Gasteiger partial charge in [0.25, 0.3) is 0 Å². The molecule has 0 amide bonds. The molecule has 3 aromatic rings. The molecule has 1 aromatic heterocycles. The molecule has 0 saturated heterocycles. The van der Waals surface area contributed by atoms with Crippen molar-refractivity contribution < 1.29 is 0 Å². The molecule has 2 nitrogen and oxygen atoms in total. The second kappa shape index (κ2) is 5.16. The molecule has 0 atom stereocenters. The van der Waals surface area contributed by atoms with Crippen LogP contribution in [0.3, 0.4) is 0 Å². The largest absolute Gasteiger partial charge is 0.333 e. The van der Waals surface area contributed by atoms with Crippen LogP contribution in [0, 0.1) is 0 Å². The van der Waals surface area contributed by atoms with Crippen molar-refractivity contribution in [1.82, 2.24) is 9.97 Å². The van der Waals surface area contributed by atoms with E-state index in [2.05, 4.69) is 56.2 Å². The number of benzene rings is 2. The van der Waals surface area contributed by atoms with Gasteiger partial charge in [0.15, 0.2) is 5.16 Å². The highest BCUT2D eigenvalue weighted by Gasteiger charge is 2.03. The zero-order valence-corrected chi connectivity index (χ0v) is 12.0. The minimum Gasteiger partial charge on any atom is -0.333 e. The number of aromatic amines is 1. The second-order valence-corrected chi connectivity index (χ2v) is 5.86. The number of halogens is 1. The Hall–Kier alpha value is -1.26. The van der Waals surface area contributed by atoms with Crippen molar-refractivity contribution in [3.63, 3.8) is 0 Å². The predicted molar refractivity (Wildman–Crippen MR) is 79.8 cm³/mol. The third kappa shape index (κ3) is 2.60. The molecule has 0 aliphatic carbocycles. The van der Waals surface area contributed by atoms with Crippen molar-refractivity contribution in [3.05, 3.63) is 58.6 Å². The van der Waals surface area contributed by atoms with Gasteiger partial charge in [0, 0.05) is 10.2 Å². The van der Waals surface area contributed by atoms with Crippen molar-refractivity contribution in [2.24, 2.45) is 0 Å².